The van der Waals surface area contributed by atoms with Crippen LogP contribution >= 0.6 is 22.9 Å². The Morgan fingerprint density at radius 1 is 1.15 bits per heavy atom. The van der Waals surface area contributed by atoms with Crippen LogP contribution in [0.3, 0.4) is 0 Å². The maximum atomic E-state index is 12.4. The minimum atomic E-state index is -3.69. The Morgan fingerprint density at radius 2 is 1.96 bits per heavy atom. The van der Waals surface area contributed by atoms with Crippen LogP contribution in [0.25, 0.3) is 11.3 Å². The summed E-state index contributed by atoms with van der Waals surface area (Å²) in [6, 6.07) is 13.5. The first-order valence-corrected chi connectivity index (χ1v) is 10.9. The van der Waals surface area contributed by atoms with E-state index in [2.05, 4.69) is 28.8 Å². The first-order valence-electron chi connectivity index (χ1n) is 8.18. The molecule has 142 valence electrons. The minimum Gasteiger partial charge on any atom is -0.476 e. The second-order valence-electron chi connectivity index (χ2n) is 6.21. The zero-order valence-electron chi connectivity index (χ0n) is 14.7. The van der Waals surface area contributed by atoms with Crippen molar-refractivity contribution >= 4 is 38.6 Å². The van der Waals surface area contributed by atoms with Crippen LogP contribution in [0.2, 0.25) is 4.34 Å². The van der Waals surface area contributed by atoms with Gasteiger partial charge >= 0.3 is 0 Å². The van der Waals surface area contributed by atoms with Crippen LogP contribution in [0, 0.1) is 5.92 Å². The lowest BCUT2D eigenvalue weighted by Crippen LogP contribution is -2.11. The molecule has 0 fully saturated rings. The number of rotatable bonds is 7. The van der Waals surface area contributed by atoms with Crippen molar-refractivity contribution in [1.82, 2.24) is 10.2 Å². The van der Waals surface area contributed by atoms with Gasteiger partial charge in [0.05, 0.1) is 16.6 Å². The third kappa shape index (κ3) is 5.18. The predicted octanol–water partition coefficient (Wildman–Crippen LogP) is 4.69. The first-order chi connectivity index (χ1) is 12.8. The molecule has 2 heterocycles. The van der Waals surface area contributed by atoms with Crippen LogP contribution in [0.4, 0.5) is 5.69 Å². The Bertz CT molecular complexity index is 1020. The van der Waals surface area contributed by atoms with Gasteiger partial charge < -0.3 is 4.74 Å². The van der Waals surface area contributed by atoms with Crippen molar-refractivity contribution in [2.24, 2.45) is 5.92 Å². The average Bonchev–Trinajstić information content (AvgIpc) is 3.08. The summed E-state index contributed by atoms with van der Waals surface area (Å²) in [7, 11) is -3.69. The van der Waals surface area contributed by atoms with Gasteiger partial charge in [0.15, 0.2) is 0 Å². The van der Waals surface area contributed by atoms with Crippen LogP contribution in [0.15, 0.2) is 52.7 Å². The summed E-state index contributed by atoms with van der Waals surface area (Å²) in [5.41, 5.74) is 1.79. The molecule has 0 spiro atoms. The molecule has 0 aliphatic heterocycles. The summed E-state index contributed by atoms with van der Waals surface area (Å²) in [5, 5.41) is 8.22. The zero-order valence-corrected chi connectivity index (χ0v) is 17.1. The van der Waals surface area contributed by atoms with Gasteiger partial charge in [0.25, 0.3) is 10.0 Å². The molecule has 3 aromatic rings. The Balaban J connectivity index is 1.77. The number of ether oxygens (including phenoxy) is 1. The van der Waals surface area contributed by atoms with Crippen molar-refractivity contribution in [3.05, 3.63) is 52.9 Å². The molecule has 6 nitrogen and oxygen atoms in total. The van der Waals surface area contributed by atoms with Gasteiger partial charge in [0, 0.05) is 17.3 Å². The number of aromatic nitrogens is 2. The van der Waals surface area contributed by atoms with Crippen molar-refractivity contribution in [3.8, 4) is 17.1 Å². The van der Waals surface area contributed by atoms with Crippen molar-refractivity contribution in [2.45, 2.75) is 18.1 Å². The molecule has 9 heteroatoms. The number of nitrogens with zero attached hydrogens (tertiary/aromatic N) is 2. The van der Waals surface area contributed by atoms with E-state index in [1.165, 1.54) is 6.07 Å². The summed E-state index contributed by atoms with van der Waals surface area (Å²) in [6.07, 6.45) is 0. The molecular formula is C18H18ClN3O3S2. The van der Waals surface area contributed by atoms with Crippen LogP contribution in [-0.4, -0.2) is 25.2 Å². The van der Waals surface area contributed by atoms with Gasteiger partial charge in [-0.1, -0.05) is 37.6 Å². The molecular weight excluding hydrogens is 406 g/mol. The van der Waals surface area contributed by atoms with E-state index in [9.17, 15) is 8.42 Å². The highest BCUT2D eigenvalue weighted by molar-refractivity contribution is 7.94. The van der Waals surface area contributed by atoms with Gasteiger partial charge in [-0.25, -0.2) is 8.42 Å². The summed E-state index contributed by atoms with van der Waals surface area (Å²) in [4.78, 5) is 0. The standard InChI is InChI=1S/C18H18ClN3O3S2/c1-12(2)11-25-17-8-6-15(20-21-17)13-4-3-5-14(10-13)22-27(23,24)18-9-7-16(19)26-18/h3-10,12,22H,11H2,1-2H3. The molecule has 0 radical (unpaired) electrons. The zero-order chi connectivity index (χ0) is 19.4. The molecule has 0 aliphatic carbocycles. The fourth-order valence-corrected chi connectivity index (χ4v) is 4.72. The number of benzene rings is 1. The number of anilines is 1. The van der Waals surface area contributed by atoms with E-state index in [-0.39, 0.29) is 4.21 Å². The molecule has 0 bridgehead atoms. The lowest BCUT2D eigenvalue weighted by molar-refractivity contribution is 0.258. The van der Waals surface area contributed by atoms with Crippen molar-refractivity contribution in [3.63, 3.8) is 0 Å². The summed E-state index contributed by atoms with van der Waals surface area (Å²) in [6.45, 7) is 4.68. The molecule has 1 N–H and O–H groups in total. The maximum Gasteiger partial charge on any atom is 0.271 e. The van der Waals surface area contributed by atoms with E-state index in [0.717, 1.165) is 16.9 Å². The quantitative estimate of drug-likeness (QED) is 0.595. The topological polar surface area (TPSA) is 81.2 Å². The van der Waals surface area contributed by atoms with Gasteiger partial charge in [-0.2, -0.15) is 0 Å². The van der Waals surface area contributed by atoms with Gasteiger partial charge in [-0.15, -0.1) is 21.5 Å². The second-order valence-corrected chi connectivity index (χ2v) is 9.83. The van der Waals surface area contributed by atoms with Crippen LogP contribution in [-0.2, 0) is 10.0 Å². The highest BCUT2D eigenvalue weighted by Crippen LogP contribution is 2.28. The minimum absolute atomic E-state index is 0.157. The van der Waals surface area contributed by atoms with E-state index in [4.69, 9.17) is 16.3 Å². The van der Waals surface area contributed by atoms with E-state index >= 15 is 0 Å². The Labute approximate surface area is 167 Å². The van der Waals surface area contributed by atoms with Crippen molar-refractivity contribution < 1.29 is 13.2 Å². The third-order valence-electron chi connectivity index (χ3n) is 3.43. The third-order valence-corrected chi connectivity index (χ3v) is 6.53. The van der Waals surface area contributed by atoms with Gasteiger partial charge in [0.1, 0.15) is 4.21 Å². The smallest absolute Gasteiger partial charge is 0.271 e. The Hall–Kier alpha value is -2.16. The molecule has 2 aromatic heterocycles. The number of halogens is 1. The van der Waals surface area contributed by atoms with E-state index in [1.807, 2.05) is 6.07 Å². The molecule has 3 rings (SSSR count). The average molecular weight is 424 g/mol. The fraction of sp³-hybridized carbons (Fsp3) is 0.222. The predicted molar refractivity (Wildman–Crippen MR) is 108 cm³/mol. The summed E-state index contributed by atoms with van der Waals surface area (Å²) in [5.74, 6) is 0.855. The van der Waals surface area contributed by atoms with Crippen LogP contribution in [0.5, 0.6) is 5.88 Å². The SMILES string of the molecule is CC(C)COc1ccc(-c2cccc(NS(=O)(=O)c3ccc(Cl)s3)c2)nn1. The lowest BCUT2D eigenvalue weighted by Gasteiger charge is -2.09. The molecule has 0 saturated heterocycles. The molecule has 0 unspecified atom stereocenters. The van der Waals surface area contributed by atoms with Crippen molar-refractivity contribution in [2.75, 3.05) is 11.3 Å². The number of hydrogen-bond acceptors (Lipinski definition) is 6. The Morgan fingerprint density at radius 3 is 2.59 bits per heavy atom. The second kappa shape index (κ2) is 8.24. The Kier molecular flexibility index (Phi) is 5.98. The highest BCUT2D eigenvalue weighted by atomic mass is 35.5. The highest BCUT2D eigenvalue weighted by Gasteiger charge is 2.17. The number of thiophene rings is 1. The van der Waals surface area contributed by atoms with Gasteiger partial charge in [-0.05, 0) is 36.2 Å². The van der Waals surface area contributed by atoms with E-state index in [1.54, 1.807) is 36.4 Å². The van der Waals surface area contributed by atoms with Gasteiger partial charge in [-0.3, -0.25) is 4.72 Å². The number of sulfonamides is 1. The molecule has 0 aliphatic rings. The van der Waals surface area contributed by atoms with Crippen LogP contribution < -0.4 is 9.46 Å². The summed E-state index contributed by atoms with van der Waals surface area (Å²) >= 11 is 6.83. The van der Waals surface area contributed by atoms with Crippen molar-refractivity contribution in [1.29, 1.82) is 0 Å². The maximum absolute atomic E-state index is 12.4. The number of nitrogens with one attached hydrogen (secondary N) is 1. The fourth-order valence-electron chi connectivity index (χ4n) is 2.19. The molecule has 27 heavy (non-hydrogen) atoms. The summed E-state index contributed by atoms with van der Waals surface area (Å²) < 4.78 is 33.5. The van der Waals surface area contributed by atoms with Gasteiger partial charge in [0.2, 0.25) is 5.88 Å². The molecule has 0 amide bonds. The first kappa shape index (κ1) is 19.6. The largest absolute Gasteiger partial charge is 0.476 e. The van der Waals surface area contributed by atoms with Crippen LogP contribution in [0.1, 0.15) is 13.8 Å². The van der Waals surface area contributed by atoms with E-state index in [0.29, 0.717) is 34.1 Å². The van der Waals surface area contributed by atoms with E-state index < -0.39 is 10.0 Å². The molecule has 0 saturated carbocycles. The normalized spacial score (nSPS) is 11.6. The molecule has 1 aromatic carbocycles. The monoisotopic (exact) mass is 423 g/mol. The molecule has 0 atom stereocenters. The number of hydrogen-bond donors (Lipinski definition) is 1. The lowest BCUT2D eigenvalue weighted by atomic mass is 10.1.